The van der Waals surface area contributed by atoms with E-state index in [2.05, 4.69) is 20.8 Å². The molecule has 0 spiro atoms. The molecular formula is C30H32B2ClN5O12S2. The lowest BCUT2D eigenvalue weighted by atomic mass is 9.87. The minimum absolute atomic E-state index is 0.00522. The third-order valence-corrected chi connectivity index (χ3v) is 9.58. The van der Waals surface area contributed by atoms with Gasteiger partial charge in [-0.15, -0.1) is 34.7 Å². The standard InChI is InChI=1S/C30H32B2ClN5O12S2/c1-30(2,3)48-29(43)36-28-34-18(13-52-28)20(37-50-19(26(41)49-31)9-32-46-14-47-32)23(39)35-21-24(40)38-22(16(10-33)12-51-25(21)38)27(42)45-11-15-5-7-17(44-4)8-6-15/h5-9,13,21,25H,10-12,14,31H2,1-4H3,(H,35,39)(H,34,36,43)/b19-9+,37-20-/t21-,25-/m1/s1. The largest absolute Gasteiger partial charge is 0.538 e. The van der Waals surface area contributed by atoms with Gasteiger partial charge in [0.2, 0.25) is 5.76 Å². The lowest BCUT2D eigenvalue weighted by molar-refractivity contribution is -0.153. The summed E-state index contributed by atoms with van der Waals surface area (Å²) in [5, 5.41) is 9.72. The first-order chi connectivity index (χ1) is 24.8. The average Bonchev–Trinajstić information content (AvgIpc) is 3.55. The Morgan fingerprint density at radius 3 is 2.56 bits per heavy atom. The molecular weight excluding hydrogens is 744 g/mol. The number of hydrogen-bond acceptors (Lipinski definition) is 16. The molecule has 4 heterocycles. The van der Waals surface area contributed by atoms with E-state index in [9.17, 15) is 24.0 Å². The summed E-state index contributed by atoms with van der Waals surface area (Å²) >= 11 is 8.39. The van der Waals surface area contributed by atoms with E-state index < -0.39 is 65.5 Å². The zero-order valence-corrected chi connectivity index (χ0v) is 30.8. The molecule has 2 N–H and O–H groups in total. The number of fused-ring (bicyclic) bond motifs is 1. The topological polar surface area (TPSA) is 203 Å². The molecule has 17 nitrogen and oxygen atoms in total. The summed E-state index contributed by atoms with van der Waals surface area (Å²) in [5.41, 5.74) is -0.149. The number of thioether (sulfide) groups is 1. The number of nitrogens with zero attached hydrogens (tertiary/aromatic N) is 3. The third-order valence-electron chi connectivity index (χ3n) is 7.16. The normalized spacial score (nSPS) is 18.8. The summed E-state index contributed by atoms with van der Waals surface area (Å²) in [4.78, 5) is 76.2. The lowest BCUT2D eigenvalue weighted by Crippen LogP contribution is -2.71. The number of thiazole rings is 1. The number of amides is 3. The molecule has 3 aliphatic heterocycles. The van der Waals surface area contributed by atoms with E-state index in [-0.39, 0.29) is 41.6 Å². The second kappa shape index (κ2) is 16.8. The Labute approximate surface area is 311 Å². The zero-order valence-electron chi connectivity index (χ0n) is 28.5. The molecule has 2 saturated heterocycles. The molecule has 2 atom stereocenters. The monoisotopic (exact) mass is 775 g/mol. The van der Waals surface area contributed by atoms with Crippen molar-refractivity contribution in [2.75, 3.05) is 30.9 Å². The maximum Gasteiger partial charge on any atom is 0.493 e. The van der Waals surface area contributed by atoms with Gasteiger partial charge >= 0.3 is 33.2 Å². The summed E-state index contributed by atoms with van der Waals surface area (Å²) in [6.45, 7) is 4.99. The second-order valence-corrected chi connectivity index (χ2v) is 14.1. The van der Waals surface area contributed by atoms with Crippen molar-refractivity contribution in [1.29, 1.82) is 0 Å². The Balaban J connectivity index is 1.34. The zero-order chi connectivity index (χ0) is 37.6. The number of ether oxygens (including phenoxy) is 3. The quantitative estimate of drug-likeness (QED) is 0.0436. The fraction of sp³-hybridized carbons (Fsp3) is 0.367. The molecule has 2 fully saturated rings. The van der Waals surface area contributed by atoms with Crippen LogP contribution in [0.3, 0.4) is 0 Å². The van der Waals surface area contributed by atoms with Crippen molar-refractivity contribution in [2.24, 2.45) is 5.16 Å². The highest BCUT2D eigenvalue weighted by molar-refractivity contribution is 8.00. The number of anilines is 1. The van der Waals surface area contributed by atoms with Gasteiger partial charge in [-0.1, -0.05) is 17.3 Å². The summed E-state index contributed by atoms with van der Waals surface area (Å²) < 4.78 is 30.9. The Morgan fingerprint density at radius 2 is 1.94 bits per heavy atom. The number of carbonyl (C=O) groups is 5. The van der Waals surface area contributed by atoms with Gasteiger partial charge in [0.05, 0.1) is 7.11 Å². The summed E-state index contributed by atoms with van der Waals surface area (Å²) in [7, 11) is 1.73. The number of β-lactam (4-membered cyclic amide) rings is 1. The SMILES string of the molecule is BOC(=O)/C(=C\B1OCO1)O/N=C(\C(=O)N[C@@H]1C(=O)N2C(C(=O)OCc3ccc(OC)cc3)=C(CCl)CS[C@H]12)c1csc(NC(=O)OC(C)(C)C)n1. The molecule has 3 aliphatic rings. The maximum atomic E-state index is 13.8. The first kappa shape index (κ1) is 38.7. The highest BCUT2D eigenvalue weighted by atomic mass is 35.5. The molecule has 1 aromatic heterocycles. The van der Waals surface area contributed by atoms with E-state index in [1.54, 1.807) is 45.0 Å². The van der Waals surface area contributed by atoms with Crippen molar-refractivity contribution in [2.45, 2.75) is 44.4 Å². The predicted molar refractivity (Wildman–Crippen MR) is 191 cm³/mol. The molecule has 52 heavy (non-hydrogen) atoms. The Hall–Kier alpha value is -4.56. The number of carbonyl (C=O) groups excluding carboxylic acids is 5. The van der Waals surface area contributed by atoms with Crippen LogP contribution in [-0.4, -0.2) is 103 Å². The van der Waals surface area contributed by atoms with Crippen molar-refractivity contribution in [3.8, 4) is 5.75 Å². The van der Waals surface area contributed by atoms with Gasteiger partial charge < -0.3 is 38.3 Å². The average molecular weight is 776 g/mol. The maximum absolute atomic E-state index is 13.8. The number of rotatable bonds is 13. The van der Waals surface area contributed by atoms with E-state index in [4.69, 9.17) is 44.6 Å². The minimum atomic E-state index is -1.12. The Morgan fingerprint density at radius 1 is 1.21 bits per heavy atom. The smallest absolute Gasteiger partial charge is 0.493 e. The fourth-order valence-corrected chi connectivity index (χ4v) is 7.02. The molecule has 0 unspecified atom stereocenters. The van der Waals surface area contributed by atoms with Crippen molar-refractivity contribution in [3.63, 3.8) is 0 Å². The number of aromatic nitrogens is 1. The van der Waals surface area contributed by atoms with Crippen LogP contribution >= 0.6 is 34.7 Å². The van der Waals surface area contributed by atoms with Gasteiger partial charge in [0.1, 0.15) is 47.6 Å². The van der Waals surface area contributed by atoms with E-state index in [1.807, 2.05) is 0 Å². The fourth-order valence-electron chi connectivity index (χ4n) is 4.66. The number of halogens is 1. The van der Waals surface area contributed by atoms with Gasteiger partial charge in [0.15, 0.2) is 10.8 Å². The van der Waals surface area contributed by atoms with Gasteiger partial charge in [-0.3, -0.25) is 19.8 Å². The van der Waals surface area contributed by atoms with Crippen LogP contribution in [0, 0.1) is 0 Å². The van der Waals surface area contributed by atoms with E-state index in [0.717, 1.165) is 25.4 Å². The molecule has 0 saturated carbocycles. The number of methoxy groups -OCH3 is 1. The van der Waals surface area contributed by atoms with Crippen LogP contribution < -0.4 is 15.4 Å². The number of alkyl halides is 1. The molecule has 5 rings (SSSR count). The van der Waals surface area contributed by atoms with Crippen LogP contribution in [0.1, 0.15) is 32.0 Å². The third kappa shape index (κ3) is 9.26. The van der Waals surface area contributed by atoms with Gasteiger partial charge in [0, 0.05) is 17.0 Å². The van der Waals surface area contributed by atoms with E-state index in [1.165, 1.54) is 29.2 Å². The van der Waals surface area contributed by atoms with Gasteiger partial charge in [0.25, 0.3) is 11.8 Å². The van der Waals surface area contributed by atoms with Crippen LogP contribution in [0.5, 0.6) is 5.75 Å². The molecule has 22 heteroatoms. The van der Waals surface area contributed by atoms with Crippen LogP contribution in [0.2, 0.25) is 0 Å². The van der Waals surface area contributed by atoms with Crippen molar-refractivity contribution in [1.82, 2.24) is 15.2 Å². The predicted octanol–water partition coefficient (Wildman–Crippen LogP) is 1.86. The minimum Gasteiger partial charge on any atom is -0.538 e. The van der Waals surface area contributed by atoms with Gasteiger partial charge in [-0.2, -0.15) is 0 Å². The first-order valence-electron chi connectivity index (χ1n) is 15.4. The summed E-state index contributed by atoms with van der Waals surface area (Å²) in [5.74, 6) is -1.67. The van der Waals surface area contributed by atoms with E-state index in [0.29, 0.717) is 16.9 Å². The number of benzene rings is 1. The van der Waals surface area contributed by atoms with Crippen molar-refractivity contribution in [3.05, 3.63) is 63.9 Å². The van der Waals surface area contributed by atoms with Crippen molar-refractivity contribution >= 4 is 90.6 Å². The Kier molecular flexibility index (Phi) is 12.5. The summed E-state index contributed by atoms with van der Waals surface area (Å²) in [6, 6.07) is 5.81. The molecule has 2 aromatic rings. The van der Waals surface area contributed by atoms with Crippen LogP contribution in [0.25, 0.3) is 0 Å². The lowest BCUT2D eigenvalue weighted by Gasteiger charge is -2.49. The first-order valence-corrected chi connectivity index (χ1v) is 17.9. The van der Waals surface area contributed by atoms with Crippen molar-refractivity contribution < 1.29 is 57.0 Å². The molecule has 0 bridgehead atoms. The van der Waals surface area contributed by atoms with Crippen LogP contribution in [0.4, 0.5) is 9.93 Å². The molecule has 3 amide bonds. The van der Waals surface area contributed by atoms with Crippen LogP contribution in [-0.2, 0) is 54.1 Å². The highest BCUT2D eigenvalue weighted by Gasteiger charge is 2.54. The number of nitrogens with one attached hydrogen (secondary N) is 2. The number of esters is 1. The molecule has 0 radical (unpaired) electrons. The molecule has 0 aliphatic carbocycles. The Bertz CT molecular complexity index is 1810. The molecule has 1 aromatic carbocycles. The van der Waals surface area contributed by atoms with Gasteiger partial charge in [-0.25, -0.2) is 19.4 Å². The van der Waals surface area contributed by atoms with Crippen LogP contribution in [0.15, 0.2) is 57.8 Å². The summed E-state index contributed by atoms with van der Waals surface area (Å²) in [6.07, 6.45) is -0.791. The number of oxime groups is 1. The number of hydrogen-bond donors (Lipinski definition) is 2. The highest BCUT2D eigenvalue weighted by Crippen LogP contribution is 2.41. The van der Waals surface area contributed by atoms with Gasteiger partial charge in [-0.05, 0) is 50.0 Å². The second-order valence-electron chi connectivity index (χ2n) is 11.9. The van der Waals surface area contributed by atoms with E-state index >= 15 is 0 Å². The molecule has 274 valence electrons.